The van der Waals surface area contributed by atoms with Crippen molar-refractivity contribution in [2.75, 3.05) is 33.4 Å². The Bertz CT molecular complexity index is 2150. The summed E-state index contributed by atoms with van der Waals surface area (Å²) < 4.78 is 44.0. The van der Waals surface area contributed by atoms with Crippen LogP contribution in [0.1, 0.15) is 101 Å². The van der Waals surface area contributed by atoms with Crippen molar-refractivity contribution in [3.8, 4) is 17.0 Å². The Balaban J connectivity index is 1.31. The number of nitrogens with one attached hydrogen (secondary N) is 1. The summed E-state index contributed by atoms with van der Waals surface area (Å²) in [5.41, 5.74) is 7.65. The molecule has 268 valence electrons. The van der Waals surface area contributed by atoms with Crippen molar-refractivity contribution in [3.63, 3.8) is 0 Å². The number of hydrogen-bond donors (Lipinski definition) is 1. The highest BCUT2D eigenvalue weighted by Crippen LogP contribution is 2.48. The number of allylic oxidation sites excluding steroid dienone is 1. The zero-order valence-corrected chi connectivity index (χ0v) is 30.1. The van der Waals surface area contributed by atoms with E-state index in [1.54, 1.807) is 24.1 Å². The van der Waals surface area contributed by atoms with E-state index in [1.165, 1.54) is 12.0 Å². The van der Waals surface area contributed by atoms with Gasteiger partial charge in [0.25, 0.3) is 11.8 Å². The highest BCUT2D eigenvalue weighted by molar-refractivity contribution is 7.90. The Morgan fingerprint density at radius 3 is 2.43 bits per heavy atom. The number of carbonyl (C=O) groups is 2. The number of rotatable bonds is 7. The van der Waals surface area contributed by atoms with E-state index in [0.29, 0.717) is 62.7 Å². The van der Waals surface area contributed by atoms with Gasteiger partial charge in [-0.3, -0.25) is 14.3 Å². The van der Waals surface area contributed by atoms with Crippen molar-refractivity contribution in [1.82, 2.24) is 24.0 Å². The standard InChI is InChI=1S/C39H45N5O6S/c1-42-36(33(23-40-42)39(46)43-16-18-50-19-17-43)28-20-27-21-29(49-2)13-15-31(27)37-35(25-8-4-3-5-9-25)32-14-12-26(22-34(32)44(37)24-28)38(45)41-51(47,48)30-10-6-7-11-30/h12-15,20-23,25,30H,3-11,16-19,24H2,1-2H3,(H,41,45). The van der Waals surface area contributed by atoms with E-state index < -0.39 is 21.2 Å². The highest BCUT2D eigenvalue weighted by atomic mass is 32.2. The minimum atomic E-state index is -3.79. The summed E-state index contributed by atoms with van der Waals surface area (Å²) in [6.07, 6.45) is 12.3. The first-order valence-electron chi connectivity index (χ1n) is 18.2. The minimum Gasteiger partial charge on any atom is -0.497 e. The molecule has 8 rings (SSSR count). The Kier molecular flexibility index (Phi) is 9.00. The first kappa shape index (κ1) is 33.7. The molecule has 4 heterocycles. The van der Waals surface area contributed by atoms with Crippen LogP contribution in [0.2, 0.25) is 0 Å². The third-order valence-electron chi connectivity index (χ3n) is 11.3. The number of sulfonamides is 1. The first-order valence-corrected chi connectivity index (χ1v) is 19.8. The van der Waals surface area contributed by atoms with E-state index in [-0.39, 0.29) is 5.91 Å². The van der Waals surface area contributed by atoms with Crippen molar-refractivity contribution >= 4 is 44.4 Å². The zero-order valence-electron chi connectivity index (χ0n) is 29.3. The van der Waals surface area contributed by atoms with Crippen LogP contribution >= 0.6 is 0 Å². The van der Waals surface area contributed by atoms with Crippen LogP contribution in [0.25, 0.3) is 33.8 Å². The second-order valence-electron chi connectivity index (χ2n) is 14.4. The maximum Gasteiger partial charge on any atom is 0.264 e. The molecule has 0 radical (unpaired) electrons. The maximum atomic E-state index is 14.0. The van der Waals surface area contributed by atoms with Crippen molar-refractivity contribution < 1.29 is 27.5 Å². The van der Waals surface area contributed by atoms with Crippen LogP contribution in [0.15, 0.2) is 42.6 Å². The van der Waals surface area contributed by atoms with Crippen LogP contribution in [-0.2, 0) is 28.4 Å². The molecule has 0 atom stereocenters. The van der Waals surface area contributed by atoms with Gasteiger partial charge in [-0.05, 0) is 84.7 Å². The number of amides is 2. The Morgan fingerprint density at radius 1 is 0.941 bits per heavy atom. The topological polar surface area (TPSA) is 125 Å². The lowest BCUT2D eigenvalue weighted by molar-refractivity contribution is 0.0302. The number of fused-ring (bicyclic) bond motifs is 5. The van der Waals surface area contributed by atoms with E-state index in [2.05, 4.69) is 26.5 Å². The molecule has 2 aromatic carbocycles. The molecule has 1 saturated heterocycles. The number of hydrogen-bond acceptors (Lipinski definition) is 7. The van der Waals surface area contributed by atoms with Gasteiger partial charge in [-0.25, -0.2) is 13.1 Å². The lowest BCUT2D eigenvalue weighted by atomic mass is 9.81. The fourth-order valence-corrected chi connectivity index (χ4v) is 10.2. The predicted molar refractivity (Wildman–Crippen MR) is 196 cm³/mol. The van der Waals surface area contributed by atoms with Crippen molar-refractivity contribution in [3.05, 3.63) is 70.5 Å². The summed E-state index contributed by atoms with van der Waals surface area (Å²) >= 11 is 0. The monoisotopic (exact) mass is 711 g/mol. The second kappa shape index (κ2) is 13.6. The third kappa shape index (κ3) is 6.16. The largest absolute Gasteiger partial charge is 0.497 e. The lowest BCUT2D eigenvalue weighted by Gasteiger charge is -2.27. The SMILES string of the molecule is COc1ccc2c(c1)C=C(c1c(C(=O)N3CCOCC3)cnn1C)Cn1c-2c(C2CCCCC2)c2ccc(C(=O)NS(=O)(=O)C3CCCC3)cc21. The van der Waals surface area contributed by atoms with Gasteiger partial charge in [0.05, 0.1) is 55.3 Å². The van der Waals surface area contributed by atoms with Gasteiger partial charge in [0.2, 0.25) is 10.0 Å². The number of carbonyl (C=O) groups excluding carboxylic acids is 2. The molecule has 2 amide bonds. The average Bonchev–Trinajstić information content (AvgIpc) is 3.88. The summed E-state index contributed by atoms with van der Waals surface area (Å²) in [5.74, 6) is 0.357. The number of nitrogens with zero attached hydrogens (tertiary/aromatic N) is 4. The molecule has 0 bridgehead atoms. The summed E-state index contributed by atoms with van der Waals surface area (Å²) in [7, 11) is -0.269. The highest BCUT2D eigenvalue weighted by Gasteiger charge is 2.34. The van der Waals surface area contributed by atoms with Crippen molar-refractivity contribution in [2.45, 2.75) is 75.5 Å². The van der Waals surface area contributed by atoms with Gasteiger partial charge >= 0.3 is 0 Å². The summed E-state index contributed by atoms with van der Waals surface area (Å²) in [6, 6.07) is 11.7. The molecule has 0 spiro atoms. The summed E-state index contributed by atoms with van der Waals surface area (Å²) in [5, 5.41) is 5.10. The second-order valence-corrected chi connectivity index (χ2v) is 16.3. The van der Waals surface area contributed by atoms with Crippen molar-refractivity contribution in [2.24, 2.45) is 7.05 Å². The quantitative estimate of drug-likeness (QED) is 0.245. The smallest absolute Gasteiger partial charge is 0.264 e. The molecule has 0 unspecified atom stereocenters. The molecule has 3 fully saturated rings. The molecule has 1 N–H and O–H groups in total. The first-order chi connectivity index (χ1) is 24.7. The number of aryl methyl sites for hydroxylation is 1. The van der Waals surface area contributed by atoms with E-state index in [1.807, 2.05) is 36.2 Å². The molecule has 2 aromatic heterocycles. The van der Waals surface area contributed by atoms with Gasteiger partial charge in [-0.1, -0.05) is 38.2 Å². The fraction of sp³-hybridized carbons (Fsp3) is 0.462. The van der Waals surface area contributed by atoms with E-state index in [0.717, 1.165) is 83.3 Å². The van der Waals surface area contributed by atoms with Gasteiger partial charge < -0.3 is 18.9 Å². The van der Waals surface area contributed by atoms with E-state index in [4.69, 9.17) is 9.47 Å². The van der Waals surface area contributed by atoms with Crippen LogP contribution in [0.3, 0.4) is 0 Å². The Labute approximate surface area is 298 Å². The predicted octanol–water partition coefficient (Wildman–Crippen LogP) is 6.13. The number of ether oxygens (including phenoxy) is 2. The Hall–Kier alpha value is -4.42. The summed E-state index contributed by atoms with van der Waals surface area (Å²) in [4.78, 5) is 29.4. The molecular formula is C39H45N5O6S. The molecule has 11 nitrogen and oxygen atoms in total. The molecule has 4 aromatic rings. The Morgan fingerprint density at radius 2 is 1.69 bits per heavy atom. The van der Waals surface area contributed by atoms with Gasteiger partial charge in [0, 0.05) is 42.2 Å². The lowest BCUT2D eigenvalue weighted by Crippen LogP contribution is -2.40. The van der Waals surface area contributed by atoms with Crippen molar-refractivity contribution in [1.29, 1.82) is 0 Å². The summed E-state index contributed by atoms with van der Waals surface area (Å²) in [6.45, 7) is 2.44. The van der Waals surface area contributed by atoms with Gasteiger partial charge in [-0.2, -0.15) is 5.10 Å². The molecule has 2 aliphatic carbocycles. The number of methoxy groups -OCH3 is 1. The van der Waals surface area contributed by atoms with Crippen LogP contribution in [0.4, 0.5) is 0 Å². The molecule has 2 saturated carbocycles. The van der Waals surface area contributed by atoms with Crippen LogP contribution < -0.4 is 9.46 Å². The van der Waals surface area contributed by atoms with Crippen LogP contribution in [0.5, 0.6) is 5.75 Å². The number of morpholine rings is 1. The van der Waals surface area contributed by atoms with Crippen LogP contribution in [-0.4, -0.2) is 78.1 Å². The maximum absolute atomic E-state index is 14.0. The molecular weight excluding hydrogens is 667 g/mol. The van der Waals surface area contributed by atoms with Crippen LogP contribution in [0, 0.1) is 0 Å². The third-order valence-corrected chi connectivity index (χ3v) is 13.1. The van der Waals surface area contributed by atoms with Gasteiger partial charge in [-0.15, -0.1) is 0 Å². The minimum absolute atomic E-state index is 0.0830. The zero-order chi connectivity index (χ0) is 35.3. The average molecular weight is 712 g/mol. The number of benzene rings is 2. The van der Waals surface area contributed by atoms with E-state index in [9.17, 15) is 18.0 Å². The molecule has 4 aliphatic rings. The van der Waals surface area contributed by atoms with Gasteiger partial charge in [0.1, 0.15) is 5.75 Å². The molecule has 2 aliphatic heterocycles. The fourth-order valence-electron chi connectivity index (χ4n) is 8.71. The van der Waals surface area contributed by atoms with E-state index >= 15 is 0 Å². The normalized spacial score (nSPS) is 18.6. The van der Waals surface area contributed by atoms with Gasteiger partial charge in [0.15, 0.2) is 0 Å². The molecule has 12 heteroatoms. The number of aromatic nitrogens is 3. The molecule has 51 heavy (non-hydrogen) atoms.